The average Bonchev–Trinajstić information content (AvgIpc) is 2.45. The van der Waals surface area contributed by atoms with E-state index in [2.05, 4.69) is 10.3 Å². The lowest BCUT2D eigenvalue weighted by molar-refractivity contribution is 0.0950. The molecule has 112 valence electrons. The van der Waals surface area contributed by atoms with E-state index in [1.807, 2.05) is 0 Å². The van der Waals surface area contributed by atoms with Crippen LogP contribution in [-0.2, 0) is 6.54 Å². The Kier molecular flexibility index (Phi) is 6.75. The lowest BCUT2D eigenvalue weighted by atomic mass is 10.2. The fourth-order valence-electron chi connectivity index (χ4n) is 1.75. The van der Waals surface area contributed by atoms with Gasteiger partial charge in [-0.2, -0.15) is 0 Å². The van der Waals surface area contributed by atoms with E-state index < -0.39 is 0 Å². The average molecular weight is 348 g/mol. The number of hydrogen-bond donors (Lipinski definition) is 1. The third-order valence-corrected chi connectivity index (χ3v) is 3.15. The number of aromatic nitrogens is 1. The molecule has 0 fully saturated rings. The number of rotatable bonds is 4. The molecule has 0 aliphatic heterocycles. The largest absolute Gasteiger partial charge is 0.495 e. The standard InChI is InChI=1S/C14H12Cl2N2O2.ClH/c1-20-13-10(5-11(15)6-12(13)16)8-18-14(19)9-3-2-4-17-7-9;/h2-7H,8H2,1H3,(H,18,19);1H. The quantitative estimate of drug-likeness (QED) is 0.916. The number of pyridine rings is 1. The van der Waals surface area contributed by atoms with Gasteiger partial charge in [0.1, 0.15) is 5.75 Å². The predicted octanol–water partition coefficient (Wildman–Crippen LogP) is 3.75. The topological polar surface area (TPSA) is 51.2 Å². The van der Waals surface area contributed by atoms with Gasteiger partial charge >= 0.3 is 0 Å². The Labute approximate surface area is 138 Å². The first-order valence-corrected chi connectivity index (χ1v) is 6.57. The molecule has 0 spiro atoms. The monoisotopic (exact) mass is 346 g/mol. The van der Waals surface area contributed by atoms with Crippen molar-refractivity contribution < 1.29 is 9.53 Å². The van der Waals surface area contributed by atoms with Crippen LogP contribution in [-0.4, -0.2) is 18.0 Å². The van der Waals surface area contributed by atoms with Gasteiger partial charge in [0.25, 0.3) is 5.91 Å². The summed E-state index contributed by atoms with van der Waals surface area (Å²) in [4.78, 5) is 15.8. The number of methoxy groups -OCH3 is 1. The number of nitrogens with zero attached hydrogens (tertiary/aromatic N) is 1. The van der Waals surface area contributed by atoms with Crippen LogP contribution in [0.3, 0.4) is 0 Å². The highest BCUT2D eigenvalue weighted by Crippen LogP contribution is 2.32. The molecule has 2 rings (SSSR count). The Morgan fingerprint density at radius 3 is 2.76 bits per heavy atom. The van der Waals surface area contributed by atoms with Crippen molar-refractivity contribution in [2.75, 3.05) is 7.11 Å². The van der Waals surface area contributed by atoms with Gasteiger partial charge in [-0.05, 0) is 24.3 Å². The molecule has 0 bridgehead atoms. The molecule has 2 aromatic rings. The number of benzene rings is 1. The smallest absolute Gasteiger partial charge is 0.253 e. The summed E-state index contributed by atoms with van der Waals surface area (Å²) in [6.07, 6.45) is 3.11. The van der Waals surface area contributed by atoms with Crippen molar-refractivity contribution in [1.29, 1.82) is 0 Å². The molecule has 0 radical (unpaired) electrons. The van der Waals surface area contributed by atoms with Crippen LogP contribution in [0.2, 0.25) is 10.0 Å². The van der Waals surface area contributed by atoms with Crippen molar-refractivity contribution in [2.45, 2.75) is 6.54 Å². The molecule has 1 amide bonds. The maximum absolute atomic E-state index is 11.9. The summed E-state index contributed by atoms with van der Waals surface area (Å²) in [6, 6.07) is 6.68. The van der Waals surface area contributed by atoms with Crippen LogP contribution in [0.4, 0.5) is 0 Å². The lowest BCUT2D eigenvalue weighted by Crippen LogP contribution is -2.23. The second-order valence-corrected chi connectivity index (χ2v) is 4.85. The number of carbonyl (C=O) groups excluding carboxylic acids is 1. The second-order valence-electron chi connectivity index (χ2n) is 4.00. The highest BCUT2D eigenvalue weighted by molar-refractivity contribution is 6.35. The van der Waals surface area contributed by atoms with Crippen LogP contribution in [0, 0.1) is 0 Å². The fraction of sp³-hybridized carbons (Fsp3) is 0.143. The molecule has 0 atom stereocenters. The summed E-state index contributed by atoms with van der Waals surface area (Å²) in [5.74, 6) is 0.277. The van der Waals surface area contributed by atoms with Crippen molar-refractivity contribution >= 4 is 41.5 Å². The molecular formula is C14H13Cl3N2O2. The molecule has 0 aliphatic rings. The molecule has 1 aromatic heterocycles. The van der Waals surface area contributed by atoms with Crippen LogP contribution >= 0.6 is 35.6 Å². The number of ether oxygens (including phenoxy) is 1. The van der Waals surface area contributed by atoms with Crippen LogP contribution < -0.4 is 10.1 Å². The molecule has 1 aromatic carbocycles. The maximum atomic E-state index is 11.9. The van der Waals surface area contributed by atoms with Gasteiger partial charge in [0.2, 0.25) is 0 Å². The third kappa shape index (κ3) is 4.49. The zero-order chi connectivity index (χ0) is 14.5. The number of nitrogens with one attached hydrogen (secondary N) is 1. The van der Waals surface area contributed by atoms with Gasteiger partial charge in [-0.25, -0.2) is 0 Å². The van der Waals surface area contributed by atoms with Gasteiger partial charge in [0.05, 0.1) is 17.7 Å². The Morgan fingerprint density at radius 2 is 2.14 bits per heavy atom. The Morgan fingerprint density at radius 1 is 1.38 bits per heavy atom. The first-order valence-electron chi connectivity index (χ1n) is 5.82. The molecule has 4 nitrogen and oxygen atoms in total. The summed E-state index contributed by atoms with van der Waals surface area (Å²) < 4.78 is 5.21. The summed E-state index contributed by atoms with van der Waals surface area (Å²) in [6.45, 7) is 0.261. The molecule has 0 aliphatic carbocycles. The van der Waals surface area contributed by atoms with E-state index in [-0.39, 0.29) is 24.9 Å². The second kappa shape index (κ2) is 8.08. The predicted molar refractivity (Wildman–Crippen MR) is 85.7 cm³/mol. The minimum atomic E-state index is -0.226. The van der Waals surface area contributed by atoms with E-state index in [1.165, 1.54) is 13.3 Å². The number of halogens is 3. The Balaban J connectivity index is 0.00000220. The molecule has 0 saturated carbocycles. The van der Waals surface area contributed by atoms with Crippen molar-refractivity contribution in [3.05, 3.63) is 57.8 Å². The van der Waals surface area contributed by atoms with E-state index in [4.69, 9.17) is 27.9 Å². The van der Waals surface area contributed by atoms with Gasteiger partial charge in [0, 0.05) is 29.5 Å². The van der Waals surface area contributed by atoms with E-state index in [9.17, 15) is 4.79 Å². The van der Waals surface area contributed by atoms with Gasteiger partial charge in [-0.1, -0.05) is 23.2 Å². The van der Waals surface area contributed by atoms with Crippen molar-refractivity contribution in [1.82, 2.24) is 10.3 Å². The number of hydrogen-bond acceptors (Lipinski definition) is 3. The molecule has 1 heterocycles. The molecule has 0 unspecified atom stereocenters. The fourth-order valence-corrected chi connectivity index (χ4v) is 2.36. The Bertz CT molecular complexity index is 621. The first-order chi connectivity index (χ1) is 9.61. The van der Waals surface area contributed by atoms with Crippen LogP contribution in [0.15, 0.2) is 36.7 Å². The minimum absolute atomic E-state index is 0. The van der Waals surface area contributed by atoms with Gasteiger partial charge in [-0.3, -0.25) is 9.78 Å². The van der Waals surface area contributed by atoms with Gasteiger partial charge in [0.15, 0.2) is 0 Å². The third-order valence-electron chi connectivity index (χ3n) is 2.65. The summed E-state index contributed by atoms with van der Waals surface area (Å²) in [5, 5.41) is 3.66. The van der Waals surface area contributed by atoms with E-state index in [0.29, 0.717) is 26.9 Å². The SMILES string of the molecule is COc1c(Cl)cc(Cl)cc1CNC(=O)c1cccnc1.Cl. The molecule has 7 heteroatoms. The van der Waals surface area contributed by atoms with Gasteiger partial charge < -0.3 is 10.1 Å². The summed E-state index contributed by atoms with van der Waals surface area (Å²) >= 11 is 12.0. The van der Waals surface area contributed by atoms with Crippen molar-refractivity contribution in [3.8, 4) is 5.75 Å². The van der Waals surface area contributed by atoms with Gasteiger partial charge in [-0.15, -0.1) is 12.4 Å². The van der Waals surface area contributed by atoms with E-state index >= 15 is 0 Å². The van der Waals surface area contributed by atoms with E-state index in [1.54, 1.807) is 30.5 Å². The number of carbonyl (C=O) groups is 1. The first kappa shape index (κ1) is 17.6. The normalized spacial score (nSPS) is 9.67. The molecular weight excluding hydrogens is 335 g/mol. The van der Waals surface area contributed by atoms with Crippen LogP contribution in [0.5, 0.6) is 5.75 Å². The van der Waals surface area contributed by atoms with E-state index in [0.717, 1.165) is 0 Å². The maximum Gasteiger partial charge on any atom is 0.253 e. The Hall–Kier alpha value is -1.49. The highest BCUT2D eigenvalue weighted by Gasteiger charge is 2.11. The number of amides is 1. The minimum Gasteiger partial charge on any atom is -0.495 e. The van der Waals surface area contributed by atoms with Crippen LogP contribution in [0.1, 0.15) is 15.9 Å². The lowest BCUT2D eigenvalue weighted by Gasteiger charge is -2.12. The van der Waals surface area contributed by atoms with Crippen molar-refractivity contribution in [2.24, 2.45) is 0 Å². The zero-order valence-electron chi connectivity index (χ0n) is 11.1. The zero-order valence-corrected chi connectivity index (χ0v) is 13.4. The molecule has 21 heavy (non-hydrogen) atoms. The van der Waals surface area contributed by atoms with Crippen LogP contribution in [0.25, 0.3) is 0 Å². The summed E-state index contributed by atoms with van der Waals surface area (Å²) in [5.41, 5.74) is 1.20. The molecule has 0 saturated heterocycles. The highest BCUT2D eigenvalue weighted by atomic mass is 35.5. The van der Waals surface area contributed by atoms with Crippen molar-refractivity contribution in [3.63, 3.8) is 0 Å². The molecule has 1 N–H and O–H groups in total. The summed E-state index contributed by atoms with van der Waals surface area (Å²) in [7, 11) is 1.52.